The monoisotopic (exact) mass is 487 g/mol. The van der Waals surface area contributed by atoms with E-state index in [1.165, 1.54) is 5.56 Å². The largest absolute Gasteiger partial charge is 0.495 e. The molecular weight excluding hydrogens is 458 g/mol. The summed E-state index contributed by atoms with van der Waals surface area (Å²) in [5.74, 6) is 0.470. The molecule has 0 atom stereocenters. The Bertz CT molecular complexity index is 893. The number of hydrogen-bond acceptors (Lipinski definition) is 4. The lowest BCUT2D eigenvalue weighted by molar-refractivity contribution is -0.116. The zero-order chi connectivity index (χ0) is 22.2. The number of nitrogens with one attached hydrogen (secondary N) is 1. The van der Waals surface area contributed by atoms with Gasteiger partial charge in [0.1, 0.15) is 5.75 Å². The number of nitrogens with zero attached hydrogens (tertiary/aromatic N) is 2. The van der Waals surface area contributed by atoms with Gasteiger partial charge in [-0.3, -0.25) is 9.59 Å². The second-order valence-corrected chi connectivity index (χ2v) is 8.81. The van der Waals surface area contributed by atoms with E-state index in [2.05, 4.69) is 45.3 Å². The summed E-state index contributed by atoms with van der Waals surface area (Å²) in [4.78, 5) is 29.4. The van der Waals surface area contributed by atoms with Gasteiger partial charge in [-0.2, -0.15) is 0 Å². The topological polar surface area (TPSA) is 61.9 Å². The molecule has 0 radical (unpaired) electrons. The minimum atomic E-state index is -0.0710. The van der Waals surface area contributed by atoms with Crippen LogP contribution in [0, 0.1) is 0 Å². The van der Waals surface area contributed by atoms with Crippen LogP contribution >= 0.6 is 15.9 Å². The molecule has 1 fully saturated rings. The Balaban J connectivity index is 1.54. The van der Waals surface area contributed by atoms with Crippen molar-refractivity contribution < 1.29 is 14.3 Å². The highest BCUT2D eigenvalue weighted by Crippen LogP contribution is 2.27. The maximum atomic E-state index is 12.9. The van der Waals surface area contributed by atoms with Crippen LogP contribution in [0.15, 0.2) is 46.9 Å². The molecular formula is C24H30BrN3O3. The molecule has 166 valence electrons. The number of ether oxygens (including phenoxy) is 1. The Hall–Kier alpha value is -2.38. The first-order chi connectivity index (χ1) is 15.0. The molecule has 1 N–H and O–H groups in total. The van der Waals surface area contributed by atoms with Crippen LogP contribution < -0.4 is 10.1 Å². The van der Waals surface area contributed by atoms with Crippen molar-refractivity contribution in [2.75, 3.05) is 45.7 Å². The van der Waals surface area contributed by atoms with Crippen molar-refractivity contribution in [3.05, 3.63) is 58.1 Å². The molecule has 0 unspecified atom stereocenters. The highest BCUT2D eigenvalue weighted by atomic mass is 79.9. The van der Waals surface area contributed by atoms with Crippen LogP contribution in [0.3, 0.4) is 0 Å². The van der Waals surface area contributed by atoms with Gasteiger partial charge in [0.2, 0.25) is 5.91 Å². The molecule has 1 saturated heterocycles. The van der Waals surface area contributed by atoms with Gasteiger partial charge < -0.3 is 19.9 Å². The molecule has 1 heterocycles. The Morgan fingerprint density at radius 3 is 2.42 bits per heavy atom. The van der Waals surface area contributed by atoms with Gasteiger partial charge in [-0.05, 0) is 62.2 Å². The fourth-order valence-corrected chi connectivity index (χ4v) is 3.87. The van der Waals surface area contributed by atoms with E-state index in [0.717, 1.165) is 36.8 Å². The van der Waals surface area contributed by atoms with E-state index in [1.54, 1.807) is 25.3 Å². The molecule has 3 rings (SSSR count). The SMILES string of the molecule is COc1ccc(C(=O)N2CCN(C)CC2)cc1NC(=O)CCCCc1ccc(Br)cc1. The summed E-state index contributed by atoms with van der Waals surface area (Å²) in [5.41, 5.74) is 2.37. The molecule has 2 aromatic carbocycles. The van der Waals surface area contributed by atoms with Gasteiger partial charge in [-0.1, -0.05) is 28.1 Å². The molecule has 31 heavy (non-hydrogen) atoms. The van der Waals surface area contributed by atoms with Crippen molar-refractivity contribution in [3.63, 3.8) is 0 Å². The van der Waals surface area contributed by atoms with Crippen molar-refractivity contribution in [2.45, 2.75) is 25.7 Å². The van der Waals surface area contributed by atoms with Crippen LogP contribution in [-0.2, 0) is 11.2 Å². The predicted octanol–water partition coefficient (Wildman–Crippen LogP) is 4.20. The number of carbonyl (C=O) groups excluding carboxylic acids is 2. The number of piperazine rings is 1. The Kier molecular flexibility index (Phi) is 8.49. The van der Waals surface area contributed by atoms with Gasteiger partial charge in [-0.15, -0.1) is 0 Å². The molecule has 0 saturated carbocycles. The minimum absolute atomic E-state index is 0.0132. The first-order valence-electron chi connectivity index (χ1n) is 10.7. The normalized spacial score (nSPS) is 14.4. The number of benzene rings is 2. The molecule has 1 aliphatic rings. The van der Waals surface area contributed by atoms with Gasteiger partial charge in [0.25, 0.3) is 5.91 Å². The average molecular weight is 488 g/mol. The zero-order valence-electron chi connectivity index (χ0n) is 18.2. The number of likely N-dealkylation sites (N-methyl/N-ethyl adjacent to an activating group) is 1. The standard InChI is InChI=1S/C24H30BrN3O3/c1-27-13-15-28(16-14-27)24(30)19-9-12-22(31-2)21(17-19)26-23(29)6-4-3-5-18-7-10-20(25)11-8-18/h7-12,17H,3-6,13-16H2,1-2H3,(H,26,29). The molecule has 0 aromatic heterocycles. The third-order valence-electron chi connectivity index (χ3n) is 5.54. The minimum Gasteiger partial charge on any atom is -0.495 e. The average Bonchev–Trinajstić information content (AvgIpc) is 2.78. The van der Waals surface area contributed by atoms with Crippen molar-refractivity contribution in [2.24, 2.45) is 0 Å². The summed E-state index contributed by atoms with van der Waals surface area (Å²) in [6, 6.07) is 13.5. The molecule has 0 aliphatic carbocycles. The first kappa shape index (κ1) is 23.3. The van der Waals surface area contributed by atoms with Gasteiger partial charge in [0, 0.05) is 42.6 Å². The van der Waals surface area contributed by atoms with E-state index in [0.29, 0.717) is 36.5 Å². The highest BCUT2D eigenvalue weighted by molar-refractivity contribution is 9.10. The Morgan fingerprint density at radius 2 is 1.74 bits per heavy atom. The molecule has 0 spiro atoms. The number of aryl methyl sites for hydroxylation is 1. The van der Waals surface area contributed by atoms with E-state index in [4.69, 9.17) is 4.74 Å². The first-order valence-corrected chi connectivity index (χ1v) is 11.5. The highest BCUT2D eigenvalue weighted by Gasteiger charge is 2.21. The zero-order valence-corrected chi connectivity index (χ0v) is 19.8. The number of rotatable bonds is 8. The van der Waals surface area contributed by atoms with Gasteiger partial charge in [0.05, 0.1) is 12.8 Å². The smallest absolute Gasteiger partial charge is 0.254 e. The van der Waals surface area contributed by atoms with Crippen molar-refractivity contribution in [1.29, 1.82) is 0 Å². The maximum absolute atomic E-state index is 12.9. The quantitative estimate of drug-likeness (QED) is 0.566. The Morgan fingerprint density at radius 1 is 1.03 bits per heavy atom. The summed E-state index contributed by atoms with van der Waals surface area (Å²) >= 11 is 3.44. The molecule has 0 bridgehead atoms. The summed E-state index contributed by atoms with van der Waals surface area (Å²) in [5, 5.41) is 2.92. The van der Waals surface area contributed by atoms with Gasteiger partial charge in [-0.25, -0.2) is 0 Å². The van der Waals surface area contributed by atoms with E-state index in [9.17, 15) is 9.59 Å². The molecule has 2 aromatic rings. The van der Waals surface area contributed by atoms with E-state index in [1.807, 2.05) is 17.0 Å². The van der Waals surface area contributed by atoms with Crippen LogP contribution in [0.1, 0.15) is 35.2 Å². The molecule has 6 nitrogen and oxygen atoms in total. The summed E-state index contributed by atoms with van der Waals surface area (Å²) in [6.45, 7) is 3.15. The number of unbranched alkanes of at least 4 members (excludes halogenated alkanes) is 1. The van der Waals surface area contributed by atoms with Crippen LogP contribution in [0.2, 0.25) is 0 Å². The molecule has 1 aliphatic heterocycles. The fourth-order valence-electron chi connectivity index (χ4n) is 3.61. The number of halogens is 1. The van der Waals surface area contributed by atoms with Crippen molar-refractivity contribution in [3.8, 4) is 5.75 Å². The maximum Gasteiger partial charge on any atom is 0.254 e. The van der Waals surface area contributed by atoms with E-state index in [-0.39, 0.29) is 11.8 Å². The van der Waals surface area contributed by atoms with E-state index < -0.39 is 0 Å². The fraction of sp³-hybridized carbons (Fsp3) is 0.417. The van der Waals surface area contributed by atoms with Crippen LogP contribution in [0.4, 0.5) is 5.69 Å². The lowest BCUT2D eigenvalue weighted by Crippen LogP contribution is -2.47. The van der Waals surface area contributed by atoms with E-state index >= 15 is 0 Å². The lowest BCUT2D eigenvalue weighted by atomic mass is 10.1. The summed E-state index contributed by atoms with van der Waals surface area (Å²) in [6.07, 6.45) is 3.10. The third-order valence-corrected chi connectivity index (χ3v) is 6.07. The molecule has 7 heteroatoms. The second kappa shape index (κ2) is 11.3. The predicted molar refractivity (Wildman–Crippen MR) is 127 cm³/mol. The van der Waals surface area contributed by atoms with Crippen molar-refractivity contribution in [1.82, 2.24) is 9.80 Å². The van der Waals surface area contributed by atoms with Crippen LogP contribution in [0.25, 0.3) is 0 Å². The van der Waals surface area contributed by atoms with Crippen LogP contribution in [0.5, 0.6) is 5.75 Å². The Labute approximate surface area is 192 Å². The second-order valence-electron chi connectivity index (χ2n) is 7.89. The molecule has 2 amide bonds. The number of methoxy groups -OCH3 is 1. The number of carbonyl (C=O) groups is 2. The van der Waals surface area contributed by atoms with Crippen molar-refractivity contribution >= 4 is 33.4 Å². The summed E-state index contributed by atoms with van der Waals surface area (Å²) in [7, 11) is 3.62. The third kappa shape index (κ3) is 6.80. The lowest BCUT2D eigenvalue weighted by Gasteiger charge is -2.32. The van der Waals surface area contributed by atoms with Gasteiger partial charge >= 0.3 is 0 Å². The van der Waals surface area contributed by atoms with Gasteiger partial charge in [0.15, 0.2) is 0 Å². The summed E-state index contributed by atoms with van der Waals surface area (Å²) < 4.78 is 6.45. The number of anilines is 1. The van der Waals surface area contributed by atoms with Crippen LogP contribution in [-0.4, -0.2) is 62.0 Å². The number of hydrogen-bond donors (Lipinski definition) is 1. The number of amides is 2.